The van der Waals surface area contributed by atoms with E-state index in [1.54, 1.807) is 37.5 Å². The molecule has 0 radical (unpaired) electrons. The third kappa shape index (κ3) is 2.60. The standard InChI is InChI=1S/C12H10ClN3O/c1-8-9(3-2-5-15-8)12(17)16-11-7-14-6-4-10(11)13/h2-7H,1H3,(H,16,17). The van der Waals surface area contributed by atoms with Crippen LogP contribution in [0.25, 0.3) is 0 Å². The zero-order chi connectivity index (χ0) is 12.3. The Kier molecular flexibility index (Phi) is 3.35. The molecule has 0 aliphatic rings. The molecule has 1 N–H and O–H groups in total. The lowest BCUT2D eigenvalue weighted by Crippen LogP contribution is -2.14. The molecule has 0 spiro atoms. The summed E-state index contributed by atoms with van der Waals surface area (Å²) in [4.78, 5) is 19.9. The van der Waals surface area contributed by atoms with Gasteiger partial charge in [0.15, 0.2) is 0 Å². The molecule has 2 aromatic rings. The van der Waals surface area contributed by atoms with Gasteiger partial charge in [-0.2, -0.15) is 0 Å². The summed E-state index contributed by atoms with van der Waals surface area (Å²) in [5, 5.41) is 3.15. The SMILES string of the molecule is Cc1ncccc1C(=O)Nc1cnccc1Cl. The average Bonchev–Trinajstić information content (AvgIpc) is 2.32. The fourth-order valence-corrected chi connectivity index (χ4v) is 1.54. The summed E-state index contributed by atoms with van der Waals surface area (Å²) in [7, 11) is 0. The Balaban J connectivity index is 2.24. The molecule has 0 saturated carbocycles. The molecular formula is C12H10ClN3O. The Morgan fingerprint density at radius 1 is 1.35 bits per heavy atom. The molecule has 0 aliphatic heterocycles. The van der Waals surface area contributed by atoms with Crippen molar-refractivity contribution in [1.82, 2.24) is 9.97 Å². The van der Waals surface area contributed by atoms with Crippen LogP contribution in [0.4, 0.5) is 5.69 Å². The van der Waals surface area contributed by atoms with Crippen molar-refractivity contribution in [3.05, 3.63) is 53.1 Å². The first-order chi connectivity index (χ1) is 8.18. The van der Waals surface area contributed by atoms with E-state index in [-0.39, 0.29) is 5.91 Å². The van der Waals surface area contributed by atoms with E-state index in [4.69, 9.17) is 11.6 Å². The maximum absolute atomic E-state index is 11.9. The van der Waals surface area contributed by atoms with E-state index in [0.29, 0.717) is 22.0 Å². The largest absolute Gasteiger partial charge is 0.319 e. The lowest BCUT2D eigenvalue weighted by Gasteiger charge is -2.07. The summed E-state index contributed by atoms with van der Waals surface area (Å²) in [6.45, 7) is 1.78. The lowest BCUT2D eigenvalue weighted by atomic mass is 10.2. The quantitative estimate of drug-likeness (QED) is 0.888. The Hall–Kier alpha value is -1.94. The van der Waals surface area contributed by atoms with Crippen molar-refractivity contribution in [1.29, 1.82) is 0 Å². The smallest absolute Gasteiger partial charge is 0.257 e. The Bertz CT molecular complexity index is 557. The van der Waals surface area contributed by atoms with E-state index >= 15 is 0 Å². The molecule has 2 aromatic heterocycles. The van der Waals surface area contributed by atoms with Crippen LogP contribution < -0.4 is 5.32 Å². The number of halogens is 1. The van der Waals surface area contributed by atoms with Crippen molar-refractivity contribution in [3.8, 4) is 0 Å². The number of nitrogens with one attached hydrogen (secondary N) is 1. The van der Waals surface area contributed by atoms with E-state index in [2.05, 4.69) is 15.3 Å². The van der Waals surface area contributed by atoms with Gasteiger partial charge in [0, 0.05) is 18.1 Å². The average molecular weight is 248 g/mol. The van der Waals surface area contributed by atoms with Gasteiger partial charge < -0.3 is 5.32 Å². The van der Waals surface area contributed by atoms with Gasteiger partial charge in [-0.05, 0) is 25.1 Å². The zero-order valence-corrected chi connectivity index (χ0v) is 9.90. The molecule has 2 heterocycles. The van der Waals surface area contributed by atoms with Gasteiger partial charge in [0.2, 0.25) is 0 Å². The van der Waals surface area contributed by atoms with Gasteiger partial charge in [0.1, 0.15) is 0 Å². The number of aromatic nitrogens is 2. The zero-order valence-electron chi connectivity index (χ0n) is 9.14. The van der Waals surface area contributed by atoms with E-state index in [9.17, 15) is 4.79 Å². The summed E-state index contributed by atoms with van der Waals surface area (Å²) in [6.07, 6.45) is 4.71. The Morgan fingerprint density at radius 3 is 2.88 bits per heavy atom. The minimum Gasteiger partial charge on any atom is -0.319 e. The van der Waals surface area contributed by atoms with Crippen LogP contribution in [-0.2, 0) is 0 Å². The van der Waals surface area contributed by atoms with Gasteiger partial charge in [-0.15, -0.1) is 0 Å². The predicted molar refractivity (Wildman–Crippen MR) is 66.2 cm³/mol. The number of pyridine rings is 2. The summed E-state index contributed by atoms with van der Waals surface area (Å²) in [6, 6.07) is 5.04. The molecule has 0 unspecified atom stereocenters. The maximum atomic E-state index is 11.9. The third-order valence-corrected chi connectivity index (χ3v) is 2.60. The molecule has 0 saturated heterocycles. The normalized spacial score (nSPS) is 10.0. The molecule has 17 heavy (non-hydrogen) atoms. The van der Waals surface area contributed by atoms with Crippen LogP contribution in [0.15, 0.2) is 36.8 Å². The fourth-order valence-electron chi connectivity index (χ4n) is 1.38. The second kappa shape index (κ2) is 4.93. The Labute approximate surface area is 104 Å². The summed E-state index contributed by atoms with van der Waals surface area (Å²) in [5.74, 6) is -0.245. The number of hydrogen-bond acceptors (Lipinski definition) is 3. The first-order valence-corrected chi connectivity index (χ1v) is 5.39. The maximum Gasteiger partial charge on any atom is 0.257 e. The van der Waals surface area contributed by atoms with Gasteiger partial charge in [-0.25, -0.2) is 0 Å². The number of hydrogen-bond donors (Lipinski definition) is 1. The van der Waals surface area contributed by atoms with Crippen LogP contribution in [0.5, 0.6) is 0 Å². The van der Waals surface area contributed by atoms with Gasteiger partial charge >= 0.3 is 0 Å². The second-order valence-corrected chi connectivity index (χ2v) is 3.85. The summed E-state index contributed by atoms with van der Waals surface area (Å²) in [5.41, 5.74) is 1.68. The van der Waals surface area contributed by atoms with Crippen LogP contribution in [0.1, 0.15) is 16.1 Å². The van der Waals surface area contributed by atoms with Gasteiger partial charge in [-0.1, -0.05) is 11.6 Å². The molecule has 0 bridgehead atoms. The highest BCUT2D eigenvalue weighted by atomic mass is 35.5. The first-order valence-electron chi connectivity index (χ1n) is 5.01. The van der Waals surface area contributed by atoms with Crippen molar-refractivity contribution in [2.24, 2.45) is 0 Å². The number of carbonyl (C=O) groups is 1. The van der Waals surface area contributed by atoms with Gasteiger partial charge in [0.05, 0.1) is 22.5 Å². The van der Waals surface area contributed by atoms with Crippen molar-refractivity contribution in [2.45, 2.75) is 6.92 Å². The topological polar surface area (TPSA) is 54.9 Å². The molecule has 2 rings (SSSR count). The first kappa shape index (κ1) is 11.5. The number of anilines is 1. The number of nitrogens with zero attached hydrogens (tertiary/aromatic N) is 2. The Morgan fingerprint density at radius 2 is 2.18 bits per heavy atom. The van der Waals surface area contributed by atoms with Crippen LogP contribution in [0, 0.1) is 6.92 Å². The van der Waals surface area contributed by atoms with Crippen LogP contribution in [0.2, 0.25) is 5.02 Å². The molecule has 5 heteroatoms. The molecule has 86 valence electrons. The lowest BCUT2D eigenvalue weighted by molar-refractivity contribution is 0.102. The minimum absolute atomic E-state index is 0.245. The summed E-state index contributed by atoms with van der Waals surface area (Å²) >= 11 is 5.93. The van der Waals surface area contributed by atoms with Crippen LogP contribution >= 0.6 is 11.6 Å². The highest BCUT2D eigenvalue weighted by Crippen LogP contribution is 2.20. The van der Waals surface area contributed by atoms with E-state index < -0.39 is 0 Å². The van der Waals surface area contributed by atoms with Crippen LogP contribution in [0.3, 0.4) is 0 Å². The van der Waals surface area contributed by atoms with Crippen molar-refractivity contribution in [2.75, 3.05) is 5.32 Å². The van der Waals surface area contributed by atoms with Gasteiger partial charge in [0.25, 0.3) is 5.91 Å². The number of aryl methyl sites for hydroxylation is 1. The molecule has 1 amide bonds. The fraction of sp³-hybridized carbons (Fsp3) is 0.0833. The van der Waals surface area contributed by atoms with E-state index in [1.807, 2.05) is 0 Å². The molecule has 0 aromatic carbocycles. The highest BCUT2D eigenvalue weighted by Gasteiger charge is 2.10. The predicted octanol–water partition coefficient (Wildman–Crippen LogP) is 2.69. The molecule has 0 aliphatic carbocycles. The number of carbonyl (C=O) groups excluding carboxylic acids is 1. The molecule has 0 atom stereocenters. The minimum atomic E-state index is -0.245. The highest BCUT2D eigenvalue weighted by molar-refractivity contribution is 6.33. The molecule has 0 fully saturated rings. The molecular weight excluding hydrogens is 238 g/mol. The number of amides is 1. The van der Waals surface area contributed by atoms with E-state index in [1.165, 1.54) is 6.20 Å². The van der Waals surface area contributed by atoms with Gasteiger partial charge in [-0.3, -0.25) is 14.8 Å². The van der Waals surface area contributed by atoms with Crippen molar-refractivity contribution in [3.63, 3.8) is 0 Å². The van der Waals surface area contributed by atoms with Crippen molar-refractivity contribution >= 4 is 23.2 Å². The summed E-state index contributed by atoms with van der Waals surface area (Å²) < 4.78 is 0. The van der Waals surface area contributed by atoms with E-state index in [0.717, 1.165) is 0 Å². The monoisotopic (exact) mass is 247 g/mol. The van der Waals surface area contributed by atoms with Crippen molar-refractivity contribution < 1.29 is 4.79 Å². The second-order valence-electron chi connectivity index (χ2n) is 3.45. The molecule has 4 nitrogen and oxygen atoms in total. The third-order valence-electron chi connectivity index (χ3n) is 2.27. The number of rotatable bonds is 2. The van der Waals surface area contributed by atoms with Crippen LogP contribution in [-0.4, -0.2) is 15.9 Å².